The van der Waals surface area contributed by atoms with Crippen LogP contribution in [0, 0.1) is 3.57 Å². The molecule has 0 fully saturated rings. The summed E-state index contributed by atoms with van der Waals surface area (Å²) in [6, 6.07) is 8.27. The molecule has 0 saturated heterocycles. The van der Waals surface area contributed by atoms with Crippen LogP contribution >= 0.6 is 77.4 Å². The molecule has 96 valence electrons. The first-order valence-corrected chi connectivity index (χ1v) is 8.95. The normalized spacial score (nSPS) is 12.7. The molecule has 0 aliphatic carbocycles. The Morgan fingerprint density at radius 3 is 2.61 bits per heavy atom. The summed E-state index contributed by atoms with van der Waals surface area (Å²) in [6.07, 6.45) is 0. The molecule has 0 aliphatic heterocycles. The van der Waals surface area contributed by atoms with E-state index in [9.17, 15) is 0 Å². The van der Waals surface area contributed by atoms with Crippen LogP contribution in [-0.4, -0.2) is 7.05 Å². The molecule has 1 aromatic carbocycles. The number of hydrogen-bond acceptors (Lipinski definition) is 2. The molecule has 2 rings (SSSR count). The van der Waals surface area contributed by atoms with Crippen LogP contribution in [0.15, 0.2) is 32.5 Å². The number of benzene rings is 1. The molecule has 0 saturated carbocycles. The Bertz CT molecular complexity index is 554. The Balaban J connectivity index is 2.48. The molecule has 0 amide bonds. The van der Waals surface area contributed by atoms with Gasteiger partial charge in [-0.05, 0) is 91.3 Å². The van der Waals surface area contributed by atoms with E-state index < -0.39 is 0 Å². The van der Waals surface area contributed by atoms with E-state index in [1.54, 1.807) is 11.3 Å². The minimum absolute atomic E-state index is 0.156. The fraction of sp³-hybridized carbons (Fsp3) is 0.167. The van der Waals surface area contributed by atoms with Crippen molar-refractivity contribution in [3.8, 4) is 0 Å². The minimum atomic E-state index is 0.156. The molecule has 0 bridgehead atoms. The first-order valence-electron chi connectivity index (χ1n) is 5.10. The Morgan fingerprint density at radius 1 is 1.33 bits per heavy atom. The topological polar surface area (TPSA) is 12.0 Å². The molecule has 6 heteroatoms. The van der Waals surface area contributed by atoms with E-state index in [1.165, 1.54) is 14.0 Å². The van der Waals surface area contributed by atoms with Gasteiger partial charge in [-0.1, -0.05) is 11.6 Å². The average Bonchev–Trinajstić information content (AvgIpc) is 2.65. The Labute approximate surface area is 146 Å². The molecule has 1 unspecified atom stereocenters. The predicted octanol–water partition coefficient (Wildman–Crippen LogP) is 5.84. The van der Waals surface area contributed by atoms with Gasteiger partial charge in [-0.25, -0.2) is 0 Å². The van der Waals surface area contributed by atoms with Crippen molar-refractivity contribution in [1.29, 1.82) is 0 Å². The number of thiophene rings is 1. The molecule has 0 aliphatic rings. The average molecular weight is 521 g/mol. The van der Waals surface area contributed by atoms with Crippen LogP contribution in [0.2, 0.25) is 5.02 Å². The van der Waals surface area contributed by atoms with Crippen molar-refractivity contribution in [3.63, 3.8) is 0 Å². The Kier molecular flexibility index (Phi) is 5.54. The summed E-state index contributed by atoms with van der Waals surface area (Å²) >= 11 is 17.2. The van der Waals surface area contributed by atoms with Gasteiger partial charge in [-0.15, -0.1) is 11.3 Å². The second-order valence-electron chi connectivity index (χ2n) is 3.66. The van der Waals surface area contributed by atoms with E-state index in [2.05, 4.69) is 65.8 Å². The maximum absolute atomic E-state index is 6.10. The monoisotopic (exact) mass is 519 g/mol. The van der Waals surface area contributed by atoms with Gasteiger partial charge in [-0.3, -0.25) is 0 Å². The van der Waals surface area contributed by atoms with Crippen LogP contribution in [0.25, 0.3) is 0 Å². The number of halogens is 4. The van der Waals surface area contributed by atoms with Gasteiger partial charge in [0.25, 0.3) is 0 Å². The highest BCUT2D eigenvalue weighted by molar-refractivity contribution is 14.1. The van der Waals surface area contributed by atoms with Crippen molar-refractivity contribution in [2.24, 2.45) is 0 Å². The van der Waals surface area contributed by atoms with Crippen LogP contribution in [0.3, 0.4) is 0 Å². The first kappa shape index (κ1) is 15.3. The van der Waals surface area contributed by atoms with E-state index in [4.69, 9.17) is 11.6 Å². The van der Waals surface area contributed by atoms with Gasteiger partial charge in [0.05, 0.1) is 9.83 Å². The zero-order valence-corrected chi connectivity index (χ0v) is 16.2. The molecule has 2 aromatic rings. The van der Waals surface area contributed by atoms with Crippen LogP contribution < -0.4 is 5.32 Å². The van der Waals surface area contributed by atoms with Crippen molar-refractivity contribution in [3.05, 3.63) is 51.6 Å². The predicted molar refractivity (Wildman–Crippen MR) is 94.8 cm³/mol. The summed E-state index contributed by atoms with van der Waals surface area (Å²) in [5.41, 5.74) is 1.20. The third-order valence-electron chi connectivity index (χ3n) is 2.51. The van der Waals surface area contributed by atoms with E-state index >= 15 is 0 Å². The number of hydrogen-bond donors (Lipinski definition) is 1. The lowest BCUT2D eigenvalue weighted by atomic mass is 10.1. The highest BCUT2D eigenvalue weighted by Gasteiger charge is 2.18. The highest BCUT2D eigenvalue weighted by atomic mass is 127. The lowest BCUT2D eigenvalue weighted by Gasteiger charge is -2.17. The van der Waals surface area contributed by atoms with Gasteiger partial charge in [0.1, 0.15) is 0 Å². The summed E-state index contributed by atoms with van der Waals surface area (Å²) in [7, 11) is 1.96. The van der Waals surface area contributed by atoms with Gasteiger partial charge in [0.15, 0.2) is 0 Å². The van der Waals surface area contributed by atoms with Crippen molar-refractivity contribution >= 4 is 77.4 Å². The fourth-order valence-electron chi connectivity index (χ4n) is 1.69. The molecular weight excluding hydrogens is 512 g/mol. The van der Waals surface area contributed by atoms with Gasteiger partial charge in [0, 0.05) is 17.9 Å². The van der Waals surface area contributed by atoms with E-state index in [0.717, 1.165) is 13.3 Å². The summed E-state index contributed by atoms with van der Waals surface area (Å²) < 4.78 is 3.39. The van der Waals surface area contributed by atoms with Crippen LogP contribution in [0.5, 0.6) is 0 Å². The fourth-order valence-corrected chi connectivity index (χ4v) is 4.74. The SMILES string of the molecule is CNC(c1cc(Br)c(Br)s1)c1cc(Cl)ccc1I. The van der Waals surface area contributed by atoms with Crippen LogP contribution in [-0.2, 0) is 0 Å². The molecule has 1 nitrogen and oxygen atoms in total. The van der Waals surface area contributed by atoms with Crippen LogP contribution in [0.4, 0.5) is 0 Å². The zero-order chi connectivity index (χ0) is 13.3. The van der Waals surface area contributed by atoms with Crippen molar-refractivity contribution in [2.75, 3.05) is 7.05 Å². The van der Waals surface area contributed by atoms with Crippen molar-refractivity contribution in [1.82, 2.24) is 5.32 Å². The Hall–Kier alpha value is 0.860. The summed E-state index contributed by atoms with van der Waals surface area (Å²) in [5, 5.41) is 4.11. The summed E-state index contributed by atoms with van der Waals surface area (Å²) in [6.45, 7) is 0. The third kappa shape index (κ3) is 3.30. The van der Waals surface area contributed by atoms with E-state index in [0.29, 0.717) is 0 Å². The standard InChI is InChI=1S/C12H9Br2ClINS/c1-17-11(10-5-8(13)12(14)18-10)7-4-6(15)2-3-9(7)16/h2-5,11,17H,1H3. The van der Waals surface area contributed by atoms with E-state index in [-0.39, 0.29) is 6.04 Å². The summed E-state index contributed by atoms with van der Waals surface area (Å²) in [5.74, 6) is 0. The smallest absolute Gasteiger partial charge is 0.0843 e. The minimum Gasteiger partial charge on any atom is -0.309 e. The second kappa shape index (κ2) is 6.54. The molecule has 0 radical (unpaired) electrons. The second-order valence-corrected chi connectivity index (χ2v) is 8.51. The largest absolute Gasteiger partial charge is 0.309 e. The molecule has 1 heterocycles. The van der Waals surface area contributed by atoms with Gasteiger partial charge < -0.3 is 5.32 Å². The number of nitrogens with one attached hydrogen (secondary N) is 1. The van der Waals surface area contributed by atoms with Gasteiger partial charge in [-0.2, -0.15) is 0 Å². The first-order chi connectivity index (χ1) is 8.52. The zero-order valence-electron chi connectivity index (χ0n) is 9.31. The maximum Gasteiger partial charge on any atom is 0.0843 e. The lowest BCUT2D eigenvalue weighted by molar-refractivity contribution is 0.700. The number of rotatable bonds is 3. The van der Waals surface area contributed by atoms with E-state index in [1.807, 2.05) is 25.2 Å². The quantitative estimate of drug-likeness (QED) is 0.501. The van der Waals surface area contributed by atoms with Gasteiger partial charge in [0.2, 0.25) is 0 Å². The van der Waals surface area contributed by atoms with Gasteiger partial charge >= 0.3 is 0 Å². The molecule has 1 N–H and O–H groups in total. The van der Waals surface area contributed by atoms with Crippen LogP contribution in [0.1, 0.15) is 16.5 Å². The Morgan fingerprint density at radius 2 is 2.06 bits per heavy atom. The molecule has 1 aromatic heterocycles. The highest BCUT2D eigenvalue weighted by Crippen LogP contribution is 2.38. The van der Waals surface area contributed by atoms with Crippen molar-refractivity contribution < 1.29 is 0 Å². The molecular formula is C12H9Br2ClINS. The molecule has 0 spiro atoms. The lowest BCUT2D eigenvalue weighted by Crippen LogP contribution is -2.17. The molecule has 1 atom stereocenters. The summed E-state index contributed by atoms with van der Waals surface area (Å²) in [4.78, 5) is 1.25. The maximum atomic E-state index is 6.10. The molecule has 18 heavy (non-hydrogen) atoms. The third-order valence-corrected chi connectivity index (χ3v) is 7.05. The van der Waals surface area contributed by atoms with Crippen molar-refractivity contribution in [2.45, 2.75) is 6.04 Å².